The number of amides is 1. The van der Waals surface area contributed by atoms with Crippen LogP contribution < -0.4 is 0 Å². The van der Waals surface area contributed by atoms with Crippen molar-refractivity contribution in [3.05, 3.63) is 106 Å². The van der Waals surface area contributed by atoms with Crippen LogP contribution in [0.4, 0.5) is 5.69 Å². The molecule has 5 heteroatoms. The zero-order chi connectivity index (χ0) is 19.3. The summed E-state index contributed by atoms with van der Waals surface area (Å²) in [5, 5.41) is 1.28. The van der Waals surface area contributed by atoms with Crippen molar-refractivity contribution in [2.45, 2.75) is 6.54 Å². The Kier molecular flexibility index (Phi) is 5.60. The van der Waals surface area contributed by atoms with E-state index in [1.165, 1.54) is 11.8 Å². The first-order valence-corrected chi connectivity index (χ1v) is 10.0. The molecule has 28 heavy (non-hydrogen) atoms. The fourth-order valence-electron chi connectivity index (χ4n) is 2.84. The third-order valence-corrected chi connectivity index (χ3v) is 5.60. The maximum Gasteiger partial charge on any atom is 0.267 e. The van der Waals surface area contributed by atoms with E-state index in [0.29, 0.717) is 21.6 Å². The molecule has 0 radical (unpaired) electrons. The second-order valence-corrected chi connectivity index (χ2v) is 7.66. The number of halogens is 1. The summed E-state index contributed by atoms with van der Waals surface area (Å²) in [6, 6.07) is 27.1. The van der Waals surface area contributed by atoms with Gasteiger partial charge < -0.3 is 0 Å². The minimum absolute atomic E-state index is 0.0662. The standard InChI is InChI=1S/C23H17ClN2OS/c24-20-14-8-7-11-18(20)15-21-22(27)26(16-17-9-3-1-4-10-17)23(28-21)25-19-12-5-2-6-13-19/h1-15H,16H2/b21-15-,25-23?. The van der Waals surface area contributed by atoms with Crippen molar-refractivity contribution in [2.24, 2.45) is 4.99 Å². The summed E-state index contributed by atoms with van der Waals surface area (Å²) in [7, 11) is 0. The van der Waals surface area contributed by atoms with Crippen molar-refractivity contribution >= 4 is 46.2 Å². The summed E-state index contributed by atoms with van der Waals surface area (Å²) in [4.78, 5) is 20.2. The van der Waals surface area contributed by atoms with Crippen LogP contribution in [-0.2, 0) is 11.3 Å². The Bertz CT molecular complexity index is 1050. The van der Waals surface area contributed by atoms with Gasteiger partial charge in [-0.2, -0.15) is 0 Å². The first-order valence-electron chi connectivity index (χ1n) is 8.84. The van der Waals surface area contributed by atoms with Crippen molar-refractivity contribution in [3.8, 4) is 0 Å². The lowest BCUT2D eigenvalue weighted by Crippen LogP contribution is -2.28. The summed E-state index contributed by atoms with van der Waals surface area (Å²) < 4.78 is 0. The molecule has 0 saturated carbocycles. The molecule has 1 heterocycles. The number of carbonyl (C=O) groups is 1. The Morgan fingerprint density at radius 1 is 0.893 bits per heavy atom. The number of hydrogen-bond donors (Lipinski definition) is 0. The molecule has 138 valence electrons. The number of hydrogen-bond acceptors (Lipinski definition) is 3. The van der Waals surface area contributed by atoms with Gasteiger partial charge >= 0.3 is 0 Å². The van der Waals surface area contributed by atoms with Gasteiger partial charge in [0, 0.05) is 5.02 Å². The fourth-order valence-corrected chi connectivity index (χ4v) is 4.02. The molecule has 1 saturated heterocycles. The van der Waals surface area contributed by atoms with Crippen LogP contribution in [0.3, 0.4) is 0 Å². The van der Waals surface area contributed by atoms with E-state index in [4.69, 9.17) is 16.6 Å². The van der Waals surface area contributed by atoms with E-state index in [2.05, 4.69) is 0 Å². The molecule has 0 spiro atoms. The molecule has 4 rings (SSSR count). The minimum atomic E-state index is -0.0662. The van der Waals surface area contributed by atoms with Gasteiger partial charge in [-0.25, -0.2) is 4.99 Å². The van der Waals surface area contributed by atoms with E-state index >= 15 is 0 Å². The Morgan fingerprint density at radius 2 is 1.54 bits per heavy atom. The first-order chi connectivity index (χ1) is 13.7. The topological polar surface area (TPSA) is 32.7 Å². The van der Waals surface area contributed by atoms with Gasteiger partial charge in [-0.15, -0.1) is 0 Å². The minimum Gasteiger partial charge on any atom is -0.282 e. The predicted molar refractivity (Wildman–Crippen MR) is 118 cm³/mol. The van der Waals surface area contributed by atoms with Crippen molar-refractivity contribution < 1.29 is 4.79 Å². The summed E-state index contributed by atoms with van der Waals surface area (Å²) in [6.45, 7) is 0.470. The van der Waals surface area contributed by atoms with Crippen molar-refractivity contribution in [2.75, 3.05) is 0 Å². The molecule has 0 atom stereocenters. The van der Waals surface area contributed by atoms with Crippen molar-refractivity contribution in [3.63, 3.8) is 0 Å². The molecule has 1 aliphatic heterocycles. The van der Waals surface area contributed by atoms with E-state index in [1.54, 1.807) is 4.90 Å². The highest BCUT2D eigenvalue weighted by Gasteiger charge is 2.33. The van der Waals surface area contributed by atoms with Crippen LogP contribution in [0.25, 0.3) is 6.08 Å². The molecule has 3 aromatic carbocycles. The van der Waals surface area contributed by atoms with Crippen LogP contribution in [0.1, 0.15) is 11.1 Å². The fraction of sp³-hybridized carbons (Fsp3) is 0.0435. The van der Waals surface area contributed by atoms with Crippen LogP contribution in [0, 0.1) is 0 Å². The van der Waals surface area contributed by atoms with E-state index in [1.807, 2.05) is 91.0 Å². The summed E-state index contributed by atoms with van der Waals surface area (Å²) in [5.41, 5.74) is 2.69. The van der Waals surface area contributed by atoms with Gasteiger partial charge in [0.25, 0.3) is 5.91 Å². The molecule has 3 nitrogen and oxygen atoms in total. The Balaban J connectivity index is 1.71. The number of rotatable bonds is 4. The Labute approximate surface area is 173 Å². The Hall–Kier alpha value is -2.82. The molecule has 3 aromatic rings. The lowest BCUT2D eigenvalue weighted by molar-refractivity contribution is -0.122. The van der Waals surface area contributed by atoms with Crippen LogP contribution in [0.5, 0.6) is 0 Å². The quantitative estimate of drug-likeness (QED) is 0.489. The van der Waals surface area contributed by atoms with E-state index in [0.717, 1.165) is 16.8 Å². The molecule has 1 aliphatic rings. The van der Waals surface area contributed by atoms with Crippen molar-refractivity contribution in [1.29, 1.82) is 0 Å². The van der Waals surface area contributed by atoms with Crippen molar-refractivity contribution in [1.82, 2.24) is 4.90 Å². The van der Waals surface area contributed by atoms with E-state index in [9.17, 15) is 4.79 Å². The third-order valence-electron chi connectivity index (χ3n) is 4.24. The highest BCUT2D eigenvalue weighted by molar-refractivity contribution is 8.18. The van der Waals surface area contributed by atoms with Gasteiger partial charge in [-0.1, -0.05) is 78.3 Å². The van der Waals surface area contributed by atoms with E-state index < -0.39 is 0 Å². The maximum atomic E-state index is 13.1. The SMILES string of the molecule is O=C1/C(=C/c2ccccc2Cl)SC(=Nc2ccccc2)N1Cc1ccccc1. The smallest absolute Gasteiger partial charge is 0.267 e. The molecule has 0 aromatic heterocycles. The number of thioether (sulfide) groups is 1. The lowest BCUT2D eigenvalue weighted by Gasteiger charge is -2.15. The molecule has 0 bridgehead atoms. The average molecular weight is 405 g/mol. The molecule has 1 fully saturated rings. The molecule has 0 aliphatic carbocycles. The Morgan fingerprint density at radius 3 is 2.25 bits per heavy atom. The highest BCUT2D eigenvalue weighted by atomic mass is 35.5. The van der Waals surface area contributed by atoms with Gasteiger partial charge in [0.05, 0.1) is 17.1 Å². The summed E-state index contributed by atoms with van der Waals surface area (Å²) in [5.74, 6) is -0.0662. The second-order valence-electron chi connectivity index (χ2n) is 6.24. The van der Waals surface area contributed by atoms with Crippen LogP contribution in [-0.4, -0.2) is 16.0 Å². The van der Waals surface area contributed by atoms with Gasteiger partial charge in [0.1, 0.15) is 0 Å². The summed E-state index contributed by atoms with van der Waals surface area (Å²) >= 11 is 7.65. The predicted octanol–water partition coefficient (Wildman–Crippen LogP) is 6.14. The molecule has 0 unspecified atom stereocenters. The molecular formula is C23H17ClN2OS. The third kappa shape index (κ3) is 4.19. The largest absolute Gasteiger partial charge is 0.282 e. The van der Waals surface area contributed by atoms with Gasteiger partial charge in [-0.05, 0) is 47.2 Å². The number of aliphatic imine (C=N–C) groups is 1. The lowest BCUT2D eigenvalue weighted by atomic mass is 10.2. The van der Waals surface area contributed by atoms with Gasteiger partial charge in [0.2, 0.25) is 0 Å². The number of amidine groups is 1. The number of para-hydroxylation sites is 1. The second kappa shape index (κ2) is 8.46. The monoisotopic (exact) mass is 404 g/mol. The zero-order valence-electron chi connectivity index (χ0n) is 15.0. The van der Waals surface area contributed by atoms with Crippen LogP contribution >= 0.6 is 23.4 Å². The zero-order valence-corrected chi connectivity index (χ0v) is 16.5. The van der Waals surface area contributed by atoms with Crippen LogP contribution in [0.2, 0.25) is 5.02 Å². The summed E-state index contributed by atoms with van der Waals surface area (Å²) in [6.07, 6.45) is 1.83. The number of nitrogens with zero attached hydrogens (tertiary/aromatic N) is 2. The molecule has 1 amide bonds. The molecule has 0 N–H and O–H groups in total. The maximum absolute atomic E-state index is 13.1. The van der Waals surface area contributed by atoms with Crippen LogP contribution in [0.15, 0.2) is 94.8 Å². The normalized spacial score (nSPS) is 16.9. The molecular weight excluding hydrogens is 388 g/mol. The number of carbonyl (C=O) groups excluding carboxylic acids is 1. The number of benzene rings is 3. The van der Waals surface area contributed by atoms with Gasteiger partial charge in [0.15, 0.2) is 5.17 Å². The van der Waals surface area contributed by atoms with E-state index in [-0.39, 0.29) is 5.91 Å². The average Bonchev–Trinajstić information content (AvgIpc) is 3.00. The first kappa shape index (κ1) is 18.5. The highest BCUT2D eigenvalue weighted by Crippen LogP contribution is 2.36. The van der Waals surface area contributed by atoms with Gasteiger partial charge in [-0.3, -0.25) is 9.69 Å².